The summed E-state index contributed by atoms with van der Waals surface area (Å²) in [7, 11) is -3.79. The molecule has 4 aromatic rings. The molecule has 0 radical (unpaired) electrons. The van der Waals surface area contributed by atoms with E-state index in [9.17, 15) is 18.0 Å². The van der Waals surface area contributed by atoms with Crippen LogP contribution in [0.5, 0.6) is 11.6 Å². The van der Waals surface area contributed by atoms with Crippen molar-refractivity contribution in [1.82, 2.24) is 24.1 Å². The molecule has 2 aromatic carbocycles. The van der Waals surface area contributed by atoms with Crippen molar-refractivity contribution >= 4 is 32.7 Å². The van der Waals surface area contributed by atoms with E-state index in [4.69, 9.17) is 9.47 Å². The number of hydrogen-bond donors (Lipinski definition) is 1. The number of nitrogens with one attached hydrogen (secondary N) is 1. The minimum atomic E-state index is -3.79. The van der Waals surface area contributed by atoms with Gasteiger partial charge in [0.1, 0.15) is 18.1 Å². The number of benzene rings is 2. The zero-order chi connectivity index (χ0) is 37.1. The lowest BCUT2D eigenvalue weighted by atomic mass is 9.81. The number of fused-ring (bicyclic) bond motifs is 1. The van der Waals surface area contributed by atoms with Gasteiger partial charge in [0.2, 0.25) is 21.8 Å². The Morgan fingerprint density at radius 3 is 2.51 bits per heavy atom. The fourth-order valence-electron chi connectivity index (χ4n) is 7.77. The van der Waals surface area contributed by atoms with E-state index in [0.717, 1.165) is 56.1 Å². The summed E-state index contributed by atoms with van der Waals surface area (Å²) in [5, 5.41) is 0.253. The minimum Gasteiger partial charge on any atom is -0.439 e. The van der Waals surface area contributed by atoms with Crippen LogP contribution in [0.4, 0.5) is 4.39 Å². The van der Waals surface area contributed by atoms with Crippen molar-refractivity contribution in [2.24, 2.45) is 0 Å². The van der Waals surface area contributed by atoms with Gasteiger partial charge in [0.05, 0.1) is 29.2 Å². The molecule has 3 heterocycles. The Labute approximate surface area is 310 Å². The summed E-state index contributed by atoms with van der Waals surface area (Å²) in [6, 6.07) is 15.1. The smallest absolute Gasteiger partial charge is 0.264 e. The quantitative estimate of drug-likeness (QED) is 0.165. The number of amides is 2. The summed E-state index contributed by atoms with van der Waals surface area (Å²) >= 11 is 0. The summed E-state index contributed by atoms with van der Waals surface area (Å²) < 4.78 is 58.0. The second-order valence-corrected chi connectivity index (χ2v) is 16.3. The van der Waals surface area contributed by atoms with E-state index in [-0.39, 0.29) is 35.8 Å². The lowest BCUT2D eigenvalue weighted by Gasteiger charge is -2.35. The Kier molecular flexibility index (Phi) is 11.1. The van der Waals surface area contributed by atoms with Crippen molar-refractivity contribution in [3.8, 4) is 22.9 Å². The van der Waals surface area contributed by atoms with Crippen molar-refractivity contribution in [1.29, 1.82) is 0 Å². The first kappa shape index (κ1) is 37.0. The minimum absolute atomic E-state index is 0.0956. The van der Waals surface area contributed by atoms with E-state index in [1.165, 1.54) is 6.07 Å². The Balaban J connectivity index is 1.32. The first-order valence-corrected chi connectivity index (χ1v) is 20.4. The maximum atomic E-state index is 16.5. The summed E-state index contributed by atoms with van der Waals surface area (Å²) in [6.45, 7) is 7.83. The summed E-state index contributed by atoms with van der Waals surface area (Å²) in [5.74, 6) is -0.682. The normalized spacial score (nSPS) is 18.4. The fraction of sp³-hybridized carbons (Fsp3) is 0.475. The van der Waals surface area contributed by atoms with E-state index in [2.05, 4.69) is 28.5 Å². The number of halogens is 1. The third kappa shape index (κ3) is 8.27. The van der Waals surface area contributed by atoms with Crippen LogP contribution < -0.4 is 9.46 Å². The summed E-state index contributed by atoms with van der Waals surface area (Å²) in [5.41, 5.74) is 2.56. The third-order valence-electron chi connectivity index (χ3n) is 10.8. The molecule has 1 aliphatic heterocycles. The van der Waals surface area contributed by atoms with Gasteiger partial charge in [-0.15, -0.1) is 0 Å². The van der Waals surface area contributed by atoms with Gasteiger partial charge in [0.25, 0.3) is 5.91 Å². The molecule has 0 bridgehead atoms. The molecule has 13 heteroatoms. The van der Waals surface area contributed by atoms with Crippen LogP contribution in [0.1, 0.15) is 80.6 Å². The number of ether oxygens (including phenoxy) is 2. The average molecular weight is 746 g/mol. The lowest BCUT2D eigenvalue weighted by molar-refractivity contribution is -0.140. The van der Waals surface area contributed by atoms with Gasteiger partial charge < -0.3 is 23.8 Å². The van der Waals surface area contributed by atoms with Crippen LogP contribution in [-0.2, 0) is 26.1 Å². The van der Waals surface area contributed by atoms with E-state index < -0.39 is 27.0 Å². The van der Waals surface area contributed by atoms with Crippen LogP contribution in [0.25, 0.3) is 22.2 Å². The number of carbonyl (C=O) groups is 2. The molecule has 11 nitrogen and oxygen atoms in total. The van der Waals surface area contributed by atoms with Crippen LogP contribution in [0, 0.1) is 5.82 Å². The Morgan fingerprint density at radius 2 is 1.81 bits per heavy atom. The number of hydrogen-bond acceptors (Lipinski definition) is 8. The van der Waals surface area contributed by atoms with Gasteiger partial charge in [-0.1, -0.05) is 45.2 Å². The molecule has 1 saturated heterocycles. The van der Waals surface area contributed by atoms with Gasteiger partial charge in [-0.2, -0.15) is 0 Å². The van der Waals surface area contributed by atoms with Gasteiger partial charge in [-0.05, 0) is 80.6 Å². The molecule has 0 spiro atoms. The Hall–Kier alpha value is -4.33. The molecule has 2 saturated carbocycles. The van der Waals surface area contributed by atoms with E-state index in [1.54, 1.807) is 48.7 Å². The molecule has 3 fully saturated rings. The number of likely N-dealkylation sites (N-methyl/N-ethyl adjacent to an activating group) is 1. The van der Waals surface area contributed by atoms with Crippen molar-refractivity contribution in [3.63, 3.8) is 0 Å². The maximum Gasteiger partial charge on any atom is 0.264 e. The monoisotopic (exact) mass is 745 g/mol. The van der Waals surface area contributed by atoms with Gasteiger partial charge in [0.15, 0.2) is 0 Å². The number of aromatic nitrogens is 2. The van der Waals surface area contributed by atoms with Crippen molar-refractivity contribution < 1.29 is 31.9 Å². The first-order valence-electron chi connectivity index (χ1n) is 18.9. The lowest BCUT2D eigenvalue weighted by Crippen LogP contribution is -2.50. The number of carbonyl (C=O) groups excluding carboxylic acids is 2. The van der Waals surface area contributed by atoms with Crippen LogP contribution >= 0.6 is 0 Å². The van der Waals surface area contributed by atoms with Crippen LogP contribution in [0.2, 0.25) is 0 Å². The van der Waals surface area contributed by atoms with Gasteiger partial charge in [-0.25, -0.2) is 22.5 Å². The summed E-state index contributed by atoms with van der Waals surface area (Å²) in [6.07, 6.45) is 7.47. The van der Waals surface area contributed by atoms with E-state index in [0.29, 0.717) is 61.7 Å². The van der Waals surface area contributed by atoms with E-state index in [1.807, 2.05) is 15.5 Å². The highest BCUT2D eigenvalue weighted by Gasteiger charge is 2.37. The molecule has 1 atom stereocenters. The van der Waals surface area contributed by atoms with Crippen molar-refractivity contribution in [2.75, 3.05) is 39.3 Å². The Bertz CT molecular complexity index is 2060. The zero-order valence-corrected chi connectivity index (χ0v) is 31.2. The zero-order valence-electron chi connectivity index (χ0n) is 30.4. The average Bonchev–Trinajstić information content (AvgIpc) is 3.99. The second-order valence-electron chi connectivity index (χ2n) is 14.3. The molecule has 282 valence electrons. The number of pyridine rings is 1. The van der Waals surface area contributed by atoms with Gasteiger partial charge >= 0.3 is 0 Å². The molecule has 53 heavy (non-hydrogen) atoms. The molecule has 2 aliphatic carbocycles. The first-order chi connectivity index (χ1) is 25.6. The summed E-state index contributed by atoms with van der Waals surface area (Å²) in [4.78, 5) is 36.0. The Morgan fingerprint density at radius 1 is 1.02 bits per heavy atom. The van der Waals surface area contributed by atoms with Crippen LogP contribution in [0.3, 0.4) is 0 Å². The van der Waals surface area contributed by atoms with Gasteiger partial charge in [0, 0.05) is 54.5 Å². The molecular weight excluding hydrogens is 698 g/mol. The maximum absolute atomic E-state index is 16.5. The standard InChI is InChI=1S/C40H48FN5O6S/c1-3-44(4-2)24-30-25-45(20-21-51-30)37(47)26-46-35-22-28(40(48)43-53(49,50)31-15-16-31)13-17-33(35)38(27-10-6-5-7-11-27)39(46)32-18-14-29(23-34(32)41)52-36-12-8-9-19-42-36/h8-9,12-14,17-19,22-23,27,30-31H,3-7,10-11,15-16,20-21,24-26H2,1-2H3,(H,43,48). The second kappa shape index (κ2) is 16.0. The molecule has 7 rings (SSSR count). The predicted molar refractivity (Wildman–Crippen MR) is 201 cm³/mol. The molecule has 2 amide bonds. The van der Waals surface area contributed by atoms with E-state index >= 15 is 4.39 Å². The molecule has 2 aromatic heterocycles. The molecule has 1 unspecified atom stereocenters. The topological polar surface area (TPSA) is 123 Å². The molecule has 1 N–H and O–H groups in total. The predicted octanol–water partition coefficient (Wildman–Crippen LogP) is 6.47. The molecule has 3 aliphatic rings. The third-order valence-corrected chi connectivity index (χ3v) is 12.6. The number of nitrogens with zero attached hydrogens (tertiary/aromatic N) is 4. The largest absolute Gasteiger partial charge is 0.439 e. The van der Waals surface area contributed by atoms with Gasteiger partial charge in [-0.3, -0.25) is 9.59 Å². The fourth-order valence-corrected chi connectivity index (χ4v) is 9.07. The van der Waals surface area contributed by atoms with Crippen LogP contribution in [0.15, 0.2) is 60.8 Å². The number of rotatable bonds is 13. The molecular formula is C40H48FN5O6S. The highest BCUT2D eigenvalue weighted by atomic mass is 32.2. The van der Waals surface area contributed by atoms with Crippen molar-refractivity contribution in [2.45, 2.75) is 82.6 Å². The highest BCUT2D eigenvalue weighted by Crippen LogP contribution is 2.45. The van der Waals surface area contributed by atoms with Crippen molar-refractivity contribution in [3.05, 3.63) is 77.7 Å². The highest BCUT2D eigenvalue weighted by molar-refractivity contribution is 7.91. The van der Waals surface area contributed by atoms with Crippen LogP contribution in [-0.4, -0.2) is 90.3 Å². The number of morpholine rings is 1. The number of sulfonamides is 1. The SMILES string of the molecule is CCN(CC)CC1CN(C(=O)Cn2c(-c3ccc(Oc4ccccn4)cc3F)c(C3CCCCC3)c3ccc(C(=O)NS(=O)(=O)C4CC4)cc32)CCO1.